The molecule has 0 amide bonds. The molecule has 1 aromatic rings. The Hall–Kier alpha value is -1.21. The first-order chi connectivity index (χ1) is 6.94. The average molecular weight is 270 g/mol. The first-order valence-electron chi connectivity index (χ1n) is 4.41. The van der Waals surface area contributed by atoms with Gasteiger partial charge in [-0.3, -0.25) is 0 Å². The summed E-state index contributed by atoms with van der Waals surface area (Å²) in [4.78, 5) is 0. The largest absolute Gasteiger partial charge is 0.507 e. The van der Waals surface area contributed by atoms with Crippen LogP contribution in [0.2, 0.25) is 0 Å². The van der Waals surface area contributed by atoms with Gasteiger partial charge in [-0.25, -0.2) is 0 Å². The number of nitriles is 1. The minimum absolute atomic E-state index is 0.101. The van der Waals surface area contributed by atoms with Crippen LogP contribution in [0.3, 0.4) is 0 Å². The summed E-state index contributed by atoms with van der Waals surface area (Å²) in [5, 5.41) is 18.5. The second kappa shape index (κ2) is 4.11. The predicted octanol–water partition coefficient (Wildman–Crippen LogP) is 2.96. The van der Waals surface area contributed by atoms with Gasteiger partial charge in [0.2, 0.25) is 0 Å². The number of rotatable bonds is 2. The van der Waals surface area contributed by atoms with Gasteiger partial charge in [0.15, 0.2) is 0 Å². The summed E-state index contributed by atoms with van der Waals surface area (Å²) in [6, 6.07) is 5.44. The third-order valence-corrected chi connectivity index (χ3v) is 3.00. The number of phenolic OH excluding ortho intramolecular Hbond substituents is 1. The van der Waals surface area contributed by atoms with E-state index in [1.165, 1.54) is 7.11 Å². The van der Waals surface area contributed by atoms with Crippen LogP contribution >= 0.6 is 15.9 Å². The molecule has 0 aliphatic rings. The molecule has 0 heterocycles. The van der Waals surface area contributed by atoms with Crippen molar-refractivity contribution in [3.8, 4) is 17.6 Å². The highest BCUT2D eigenvalue weighted by atomic mass is 79.9. The molecule has 0 bridgehead atoms. The highest BCUT2D eigenvalue weighted by Gasteiger charge is 2.26. The van der Waals surface area contributed by atoms with Crippen LogP contribution in [0.15, 0.2) is 16.6 Å². The second-order valence-electron chi connectivity index (χ2n) is 3.72. The number of methoxy groups -OCH3 is 1. The van der Waals surface area contributed by atoms with Gasteiger partial charge in [-0.1, -0.05) is 0 Å². The average Bonchev–Trinajstić information content (AvgIpc) is 2.21. The molecule has 1 aromatic carbocycles. The van der Waals surface area contributed by atoms with E-state index >= 15 is 0 Å². The van der Waals surface area contributed by atoms with Crippen LogP contribution < -0.4 is 4.74 Å². The number of halogens is 1. The Morgan fingerprint density at radius 3 is 2.53 bits per heavy atom. The van der Waals surface area contributed by atoms with Crippen molar-refractivity contribution in [3.63, 3.8) is 0 Å². The van der Waals surface area contributed by atoms with E-state index in [0.29, 0.717) is 10.2 Å². The maximum absolute atomic E-state index is 9.48. The lowest BCUT2D eigenvalue weighted by Gasteiger charge is -2.20. The van der Waals surface area contributed by atoms with E-state index in [0.717, 1.165) is 5.56 Å². The topological polar surface area (TPSA) is 53.2 Å². The quantitative estimate of drug-likeness (QED) is 0.898. The molecule has 0 spiro atoms. The first kappa shape index (κ1) is 11.9. The molecule has 0 atom stereocenters. The van der Waals surface area contributed by atoms with Crippen LogP contribution in [0.1, 0.15) is 19.4 Å². The van der Waals surface area contributed by atoms with Gasteiger partial charge >= 0.3 is 0 Å². The highest BCUT2D eigenvalue weighted by Crippen LogP contribution is 2.41. The van der Waals surface area contributed by atoms with E-state index in [-0.39, 0.29) is 5.75 Å². The molecule has 0 aliphatic carbocycles. The van der Waals surface area contributed by atoms with Gasteiger partial charge < -0.3 is 9.84 Å². The Labute approximate surface area is 97.4 Å². The fourth-order valence-electron chi connectivity index (χ4n) is 1.30. The van der Waals surface area contributed by atoms with Crippen LogP contribution in [0, 0.1) is 11.3 Å². The highest BCUT2D eigenvalue weighted by molar-refractivity contribution is 9.10. The van der Waals surface area contributed by atoms with E-state index in [1.807, 2.05) is 0 Å². The normalized spacial score (nSPS) is 10.9. The van der Waals surface area contributed by atoms with Crippen molar-refractivity contribution in [3.05, 3.63) is 22.2 Å². The van der Waals surface area contributed by atoms with Gasteiger partial charge in [0, 0.05) is 5.56 Å². The summed E-state index contributed by atoms with van der Waals surface area (Å²) in [6.07, 6.45) is 0. The van der Waals surface area contributed by atoms with Gasteiger partial charge in [0.25, 0.3) is 0 Å². The van der Waals surface area contributed by atoms with Gasteiger partial charge in [-0.15, -0.1) is 0 Å². The number of nitrogens with zero attached hydrogens (tertiary/aromatic N) is 1. The molecule has 0 fully saturated rings. The Morgan fingerprint density at radius 2 is 2.07 bits per heavy atom. The molecule has 4 heteroatoms. The second-order valence-corrected chi connectivity index (χ2v) is 4.51. The van der Waals surface area contributed by atoms with Crippen molar-refractivity contribution in [1.29, 1.82) is 5.26 Å². The van der Waals surface area contributed by atoms with E-state index < -0.39 is 5.41 Å². The number of hydrogen-bond donors (Lipinski definition) is 1. The van der Waals surface area contributed by atoms with Gasteiger partial charge in [0.1, 0.15) is 16.0 Å². The molecule has 0 aromatic heterocycles. The predicted molar refractivity (Wildman–Crippen MR) is 61.0 cm³/mol. The number of aromatic hydroxyl groups is 1. The molecule has 0 unspecified atom stereocenters. The Bertz CT molecular complexity index is 421. The maximum Gasteiger partial charge on any atom is 0.141 e. The zero-order valence-corrected chi connectivity index (χ0v) is 10.4. The fraction of sp³-hybridized carbons (Fsp3) is 0.364. The number of ether oxygens (including phenoxy) is 1. The molecule has 0 saturated carbocycles. The maximum atomic E-state index is 9.48. The molecule has 15 heavy (non-hydrogen) atoms. The number of hydrogen-bond acceptors (Lipinski definition) is 3. The van der Waals surface area contributed by atoms with Crippen molar-refractivity contribution < 1.29 is 9.84 Å². The first-order valence-corrected chi connectivity index (χ1v) is 5.20. The van der Waals surface area contributed by atoms with Gasteiger partial charge in [0.05, 0.1) is 18.6 Å². The molecule has 1 N–H and O–H groups in total. The molecule has 80 valence electrons. The van der Waals surface area contributed by atoms with Crippen LogP contribution in [-0.2, 0) is 5.41 Å². The lowest BCUT2D eigenvalue weighted by Crippen LogP contribution is -2.15. The Kier molecular flexibility index (Phi) is 3.25. The van der Waals surface area contributed by atoms with Crippen LogP contribution in [-0.4, -0.2) is 12.2 Å². The molecule has 1 rings (SSSR count). The van der Waals surface area contributed by atoms with Crippen molar-refractivity contribution in [1.82, 2.24) is 0 Å². The zero-order chi connectivity index (χ0) is 11.6. The zero-order valence-electron chi connectivity index (χ0n) is 8.84. The molecule has 0 saturated heterocycles. The standard InChI is InChI=1S/C11H12BrNO2/c1-11(2,6-13)7-4-5-8(14)9(12)10(7)15-3/h4-5,14H,1-3H3. The smallest absolute Gasteiger partial charge is 0.141 e. The van der Waals surface area contributed by atoms with Crippen molar-refractivity contribution in [2.45, 2.75) is 19.3 Å². The third-order valence-electron chi connectivity index (χ3n) is 2.23. The summed E-state index contributed by atoms with van der Waals surface area (Å²) in [7, 11) is 1.51. The molecule has 0 radical (unpaired) electrons. The van der Waals surface area contributed by atoms with Crippen LogP contribution in [0.25, 0.3) is 0 Å². The van der Waals surface area contributed by atoms with Gasteiger partial charge in [-0.2, -0.15) is 5.26 Å². The van der Waals surface area contributed by atoms with Crippen molar-refractivity contribution >= 4 is 15.9 Å². The number of benzene rings is 1. The van der Waals surface area contributed by atoms with Crippen molar-refractivity contribution in [2.75, 3.05) is 7.11 Å². The molecule has 3 nitrogen and oxygen atoms in total. The molecular weight excluding hydrogens is 258 g/mol. The minimum atomic E-state index is -0.651. The van der Waals surface area contributed by atoms with Crippen LogP contribution in [0.4, 0.5) is 0 Å². The fourth-order valence-corrected chi connectivity index (χ4v) is 1.81. The Morgan fingerprint density at radius 1 is 1.47 bits per heavy atom. The third kappa shape index (κ3) is 2.07. The minimum Gasteiger partial charge on any atom is -0.507 e. The lowest BCUT2D eigenvalue weighted by molar-refractivity contribution is 0.392. The van der Waals surface area contributed by atoms with Crippen LogP contribution in [0.5, 0.6) is 11.5 Å². The lowest BCUT2D eigenvalue weighted by atomic mass is 9.85. The summed E-state index contributed by atoms with van der Waals surface area (Å²) in [5.41, 5.74) is 0.0962. The molecular formula is C11H12BrNO2. The SMILES string of the molecule is COc1c(C(C)(C)C#N)ccc(O)c1Br. The van der Waals surface area contributed by atoms with E-state index in [4.69, 9.17) is 10.00 Å². The summed E-state index contributed by atoms with van der Waals surface area (Å²) in [5.74, 6) is 0.603. The summed E-state index contributed by atoms with van der Waals surface area (Å²) >= 11 is 3.23. The summed E-state index contributed by atoms with van der Waals surface area (Å²) < 4.78 is 5.66. The molecule has 0 aliphatic heterocycles. The number of phenols is 1. The van der Waals surface area contributed by atoms with E-state index in [9.17, 15) is 5.11 Å². The van der Waals surface area contributed by atoms with E-state index in [1.54, 1.807) is 26.0 Å². The van der Waals surface area contributed by atoms with E-state index in [2.05, 4.69) is 22.0 Å². The summed E-state index contributed by atoms with van der Waals surface area (Å²) in [6.45, 7) is 3.60. The Balaban J connectivity index is 3.45. The van der Waals surface area contributed by atoms with Crippen molar-refractivity contribution in [2.24, 2.45) is 0 Å². The monoisotopic (exact) mass is 269 g/mol. The van der Waals surface area contributed by atoms with Gasteiger partial charge in [-0.05, 0) is 41.9 Å².